The Kier molecular flexibility index (Phi) is 4.07. The summed E-state index contributed by atoms with van der Waals surface area (Å²) in [5.41, 5.74) is 6.97. The number of ether oxygens (including phenoxy) is 1. The van der Waals surface area contributed by atoms with Crippen LogP contribution >= 0.6 is 0 Å². The highest BCUT2D eigenvalue weighted by atomic mass is 16.5. The van der Waals surface area contributed by atoms with E-state index in [2.05, 4.69) is 0 Å². The predicted molar refractivity (Wildman–Crippen MR) is 71.8 cm³/mol. The number of rotatable bonds is 2. The van der Waals surface area contributed by atoms with Crippen molar-refractivity contribution in [1.29, 1.82) is 0 Å². The third-order valence-corrected chi connectivity index (χ3v) is 3.37. The van der Waals surface area contributed by atoms with Crippen LogP contribution < -0.4 is 10.5 Å². The molecule has 2 N–H and O–H groups in total. The molecule has 98 valence electrons. The number of nitrogen functional groups attached to an aromatic ring is 1. The van der Waals surface area contributed by atoms with Crippen LogP contribution in [0.15, 0.2) is 18.2 Å². The van der Waals surface area contributed by atoms with Gasteiger partial charge in [0.25, 0.3) is 5.91 Å². The summed E-state index contributed by atoms with van der Waals surface area (Å²) in [7, 11) is 1.56. The third kappa shape index (κ3) is 2.75. The van der Waals surface area contributed by atoms with E-state index in [0.717, 1.165) is 25.9 Å². The van der Waals surface area contributed by atoms with E-state index in [1.165, 1.54) is 12.8 Å². The molecule has 0 radical (unpaired) electrons. The Morgan fingerprint density at radius 1 is 1.22 bits per heavy atom. The number of methoxy groups -OCH3 is 1. The molecule has 1 aliphatic heterocycles. The highest BCUT2D eigenvalue weighted by Crippen LogP contribution is 2.23. The summed E-state index contributed by atoms with van der Waals surface area (Å²) in [5.74, 6) is 0.644. The number of carbonyl (C=O) groups excluding carboxylic acids is 1. The van der Waals surface area contributed by atoms with E-state index in [1.54, 1.807) is 25.3 Å². The second-order valence-corrected chi connectivity index (χ2v) is 4.66. The van der Waals surface area contributed by atoms with Gasteiger partial charge in [0.05, 0.1) is 12.8 Å². The largest absolute Gasteiger partial charge is 0.495 e. The van der Waals surface area contributed by atoms with Crippen LogP contribution in [-0.2, 0) is 0 Å². The zero-order valence-corrected chi connectivity index (χ0v) is 10.8. The number of carbonyl (C=O) groups is 1. The van der Waals surface area contributed by atoms with E-state index in [1.807, 2.05) is 4.90 Å². The molecule has 0 saturated carbocycles. The highest BCUT2D eigenvalue weighted by Gasteiger charge is 2.18. The molecule has 0 atom stereocenters. The molecule has 4 nitrogen and oxygen atoms in total. The quantitative estimate of drug-likeness (QED) is 0.817. The van der Waals surface area contributed by atoms with Crippen molar-refractivity contribution in [1.82, 2.24) is 4.90 Å². The summed E-state index contributed by atoms with van der Waals surface area (Å²) in [6.07, 6.45) is 4.62. The minimum atomic E-state index is 0.0789. The minimum Gasteiger partial charge on any atom is -0.495 e. The van der Waals surface area contributed by atoms with Gasteiger partial charge in [0.1, 0.15) is 5.75 Å². The van der Waals surface area contributed by atoms with Gasteiger partial charge in [-0.15, -0.1) is 0 Å². The van der Waals surface area contributed by atoms with E-state index in [0.29, 0.717) is 17.0 Å². The summed E-state index contributed by atoms with van der Waals surface area (Å²) in [6.45, 7) is 1.71. The third-order valence-electron chi connectivity index (χ3n) is 3.37. The van der Waals surface area contributed by atoms with Gasteiger partial charge in [-0.05, 0) is 31.0 Å². The fourth-order valence-corrected chi connectivity index (χ4v) is 2.30. The van der Waals surface area contributed by atoms with Gasteiger partial charge >= 0.3 is 0 Å². The molecule has 1 fully saturated rings. The number of anilines is 1. The molecule has 2 rings (SSSR count). The van der Waals surface area contributed by atoms with Crippen LogP contribution in [0.25, 0.3) is 0 Å². The molecule has 1 aromatic rings. The zero-order chi connectivity index (χ0) is 13.0. The summed E-state index contributed by atoms with van der Waals surface area (Å²) in [5, 5.41) is 0. The van der Waals surface area contributed by atoms with Gasteiger partial charge in [-0.25, -0.2) is 0 Å². The van der Waals surface area contributed by atoms with Gasteiger partial charge in [0, 0.05) is 18.7 Å². The first-order valence-corrected chi connectivity index (χ1v) is 6.45. The summed E-state index contributed by atoms with van der Waals surface area (Å²) in [6, 6.07) is 5.22. The predicted octanol–water partition coefficient (Wildman–Crippen LogP) is 2.29. The van der Waals surface area contributed by atoms with Gasteiger partial charge < -0.3 is 15.4 Å². The first kappa shape index (κ1) is 12.7. The van der Waals surface area contributed by atoms with Crippen LogP contribution in [0.3, 0.4) is 0 Å². The number of nitrogens with two attached hydrogens (primary N) is 1. The maximum absolute atomic E-state index is 12.4. The Hall–Kier alpha value is -1.71. The normalized spacial score (nSPS) is 16.2. The molecular formula is C14H20N2O2. The van der Waals surface area contributed by atoms with Crippen molar-refractivity contribution >= 4 is 11.6 Å². The minimum absolute atomic E-state index is 0.0789. The van der Waals surface area contributed by atoms with E-state index in [4.69, 9.17) is 10.5 Å². The molecule has 0 unspecified atom stereocenters. The van der Waals surface area contributed by atoms with Crippen LogP contribution in [0.1, 0.15) is 36.0 Å². The monoisotopic (exact) mass is 248 g/mol. The van der Waals surface area contributed by atoms with E-state index in [9.17, 15) is 4.79 Å². The van der Waals surface area contributed by atoms with E-state index < -0.39 is 0 Å². The SMILES string of the molecule is COc1cc(C(=O)N2CCCCCC2)ccc1N. The second-order valence-electron chi connectivity index (χ2n) is 4.66. The lowest BCUT2D eigenvalue weighted by molar-refractivity contribution is 0.0761. The van der Waals surface area contributed by atoms with Gasteiger partial charge in [-0.1, -0.05) is 12.8 Å². The molecule has 1 heterocycles. The fourth-order valence-electron chi connectivity index (χ4n) is 2.30. The lowest BCUT2D eigenvalue weighted by Crippen LogP contribution is -2.31. The molecule has 1 aliphatic rings. The average Bonchev–Trinajstić information content (AvgIpc) is 2.67. The van der Waals surface area contributed by atoms with Crippen molar-refractivity contribution in [2.75, 3.05) is 25.9 Å². The molecule has 1 amide bonds. The lowest BCUT2D eigenvalue weighted by atomic mass is 10.1. The summed E-state index contributed by atoms with van der Waals surface area (Å²) >= 11 is 0. The number of hydrogen-bond acceptors (Lipinski definition) is 3. The topological polar surface area (TPSA) is 55.6 Å². The Balaban J connectivity index is 2.16. The van der Waals surface area contributed by atoms with E-state index >= 15 is 0 Å². The zero-order valence-electron chi connectivity index (χ0n) is 10.8. The van der Waals surface area contributed by atoms with Crippen molar-refractivity contribution in [3.63, 3.8) is 0 Å². The average molecular weight is 248 g/mol. The van der Waals surface area contributed by atoms with Crippen LogP contribution in [0.2, 0.25) is 0 Å². The van der Waals surface area contributed by atoms with E-state index in [-0.39, 0.29) is 5.91 Å². The molecular weight excluding hydrogens is 228 g/mol. The molecule has 1 aromatic carbocycles. The number of nitrogens with zero attached hydrogens (tertiary/aromatic N) is 1. The van der Waals surface area contributed by atoms with Crippen molar-refractivity contribution in [3.05, 3.63) is 23.8 Å². The number of hydrogen-bond donors (Lipinski definition) is 1. The number of likely N-dealkylation sites (tertiary alicyclic amines) is 1. The molecule has 0 spiro atoms. The van der Waals surface area contributed by atoms with Crippen LogP contribution in [-0.4, -0.2) is 31.0 Å². The standard InChI is InChI=1S/C14H20N2O2/c1-18-13-10-11(6-7-12(13)15)14(17)16-8-4-2-3-5-9-16/h6-7,10H,2-5,8-9,15H2,1H3. The van der Waals surface area contributed by atoms with Crippen LogP contribution in [0, 0.1) is 0 Å². The number of benzene rings is 1. The van der Waals surface area contributed by atoms with Crippen molar-refractivity contribution in [2.24, 2.45) is 0 Å². The molecule has 18 heavy (non-hydrogen) atoms. The van der Waals surface area contributed by atoms with Gasteiger partial charge in [-0.2, -0.15) is 0 Å². The smallest absolute Gasteiger partial charge is 0.253 e. The molecule has 1 saturated heterocycles. The lowest BCUT2D eigenvalue weighted by Gasteiger charge is -2.20. The summed E-state index contributed by atoms with van der Waals surface area (Å²) < 4.78 is 5.15. The van der Waals surface area contributed by atoms with Gasteiger partial charge in [0.2, 0.25) is 0 Å². The van der Waals surface area contributed by atoms with Crippen LogP contribution in [0.4, 0.5) is 5.69 Å². The highest BCUT2D eigenvalue weighted by molar-refractivity contribution is 5.95. The Labute approximate surface area is 108 Å². The first-order chi connectivity index (χ1) is 8.72. The molecule has 0 aromatic heterocycles. The van der Waals surface area contributed by atoms with Crippen molar-refractivity contribution in [3.8, 4) is 5.75 Å². The Bertz CT molecular complexity index is 424. The summed E-state index contributed by atoms with van der Waals surface area (Å²) in [4.78, 5) is 14.3. The fraction of sp³-hybridized carbons (Fsp3) is 0.500. The molecule has 4 heteroatoms. The number of amides is 1. The second kappa shape index (κ2) is 5.76. The van der Waals surface area contributed by atoms with Gasteiger partial charge in [-0.3, -0.25) is 4.79 Å². The molecule has 0 bridgehead atoms. The maximum atomic E-state index is 12.4. The maximum Gasteiger partial charge on any atom is 0.253 e. The van der Waals surface area contributed by atoms with Crippen molar-refractivity contribution < 1.29 is 9.53 Å². The van der Waals surface area contributed by atoms with Gasteiger partial charge in [0.15, 0.2) is 0 Å². The Morgan fingerprint density at radius 3 is 2.50 bits per heavy atom. The van der Waals surface area contributed by atoms with Crippen molar-refractivity contribution in [2.45, 2.75) is 25.7 Å². The Morgan fingerprint density at radius 2 is 1.89 bits per heavy atom. The molecule has 0 aliphatic carbocycles. The van der Waals surface area contributed by atoms with Crippen LogP contribution in [0.5, 0.6) is 5.75 Å². The first-order valence-electron chi connectivity index (χ1n) is 6.45.